The molecule has 25 heavy (non-hydrogen) atoms. The molecule has 0 radical (unpaired) electrons. The number of halogens is 1. The van der Waals surface area contributed by atoms with Gasteiger partial charge in [0.15, 0.2) is 5.96 Å². The van der Waals surface area contributed by atoms with Crippen LogP contribution in [0.3, 0.4) is 0 Å². The third kappa shape index (κ3) is 7.90. The van der Waals surface area contributed by atoms with E-state index in [2.05, 4.69) is 33.6 Å². The van der Waals surface area contributed by atoms with E-state index in [1.807, 2.05) is 25.4 Å². The van der Waals surface area contributed by atoms with Crippen molar-refractivity contribution in [2.45, 2.75) is 45.4 Å². The maximum Gasteiger partial charge on any atom is 0.191 e. The molecule has 0 aromatic carbocycles. The first-order chi connectivity index (χ1) is 11.8. The normalized spacial score (nSPS) is 16.3. The van der Waals surface area contributed by atoms with Gasteiger partial charge in [-0.15, -0.1) is 24.0 Å². The molecule has 1 aromatic rings. The molecule has 0 aliphatic heterocycles. The van der Waals surface area contributed by atoms with E-state index in [4.69, 9.17) is 4.74 Å². The van der Waals surface area contributed by atoms with Crippen molar-refractivity contribution in [3.05, 3.63) is 30.1 Å². The highest BCUT2D eigenvalue weighted by Gasteiger charge is 2.33. The molecular weight excluding hydrogens is 427 g/mol. The fourth-order valence-electron chi connectivity index (χ4n) is 3.42. The minimum absolute atomic E-state index is 0. The van der Waals surface area contributed by atoms with Crippen molar-refractivity contribution < 1.29 is 4.74 Å². The van der Waals surface area contributed by atoms with Gasteiger partial charge in [-0.1, -0.05) is 18.9 Å². The molecule has 1 saturated carbocycles. The van der Waals surface area contributed by atoms with Gasteiger partial charge < -0.3 is 15.4 Å². The largest absolute Gasteiger partial charge is 0.382 e. The molecule has 0 amide bonds. The topological polar surface area (TPSA) is 58.5 Å². The lowest BCUT2D eigenvalue weighted by molar-refractivity contribution is 0.105. The summed E-state index contributed by atoms with van der Waals surface area (Å²) in [6, 6.07) is 6.03. The van der Waals surface area contributed by atoms with Crippen LogP contribution in [0, 0.1) is 5.41 Å². The minimum atomic E-state index is 0. The molecule has 1 aliphatic carbocycles. The van der Waals surface area contributed by atoms with Crippen molar-refractivity contribution in [2.24, 2.45) is 10.4 Å². The highest BCUT2D eigenvalue weighted by atomic mass is 127. The SMILES string of the molecule is CCOCCC1(CNC(=NC)NCCc2ccccn2)CCCC1.I. The van der Waals surface area contributed by atoms with Crippen LogP contribution in [0.5, 0.6) is 0 Å². The molecule has 0 bridgehead atoms. The lowest BCUT2D eigenvalue weighted by Gasteiger charge is -2.30. The van der Waals surface area contributed by atoms with E-state index in [1.165, 1.54) is 25.7 Å². The zero-order chi connectivity index (χ0) is 17.1. The number of pyridine rings is 1. The lowest BCUT2D eigenvalue weighted by atomic mass is 9.83. The molecule has 0 atom stereocenters. The zero-order valence-electron chi connectivity index (χ0n) is 15.6. The Morgan fingerprint density at radius 3 is 2.72 bits per heavy atom. The van der Waals surface area contributed by atoms with Gasteiger partial charge in [-0.05, 0) is 43.7 Å². The van der Waals surface area contributed by atoms with Crippen molar-refractivity contribution in [3.8, 4) is 0 Å². The maximum atomic E-state index is 5.59. The monoisotopic (exact) mass is 460 g/mol. The van der Waals surface area contributed by atoms with Gasteiger partial charge in [0.1, 0.15) is 0 Å². The van der Waals surface area contributed by atoms with Crippen LogP contribution in [-0.2, 0) is 11.2 Å². The van der Waals surface area contributed by atoms with Crippen molar-refractivity contribution in [1.82, 2.24) is 15.6 Å². The summed E-state index contributed by atoms with van der Waals surface area (Å²) in [5, 5.41) is 6.92. The van der Waals surface area contributed by atoms with Crippen LogP contribution in [-0.4, -0.2) is 44.3 Å². The molecule has 1 aromatic heterocycles. The molecule has 1 heterocycles. The predicted molar refractivity (Wildman–Crippen MR) is 115 cm³/mol. The van der Waals surface area contributed by atoms with Crippen molar-refractivity contribution in [2.75, 3.05) is 33.4 Å². The van der Waals surface area contributed by atoms with Gasteiger partial charge in [0, 0.05) is 51.7 Å². The summed E-state index contributed by atoms with van der Waals surface area (Å²) in [6.07, 6.45) is 9.12. The fourth-order valence-corrected chi connectivity index (χ4v) is 3.42. The van der Waals surface area contributed by atoms with Crippen molar-refractivity contribution in [1.29, 1.82) is 0 Å². The second-order valence-electron chi connectivity index (χ2n) is 6.58. The summed E-state index contributed by atoms with van der Waals surface area (Å²) in [4.78, 5) is 8.70. The molecule has 5 nitrogen and oxygen atoms in total. The third-order valence-electron chi connectivity index (χ3n) is 4.90. The molecular formula is C19H33IN4O. The van der Waals surface area contributed by atoms with Crippen LogP contribution in [0.1, 0.15) is 44.7 Å². The second-order valence-corrected chi connectivity index (χ2v) is 6.58. The van der Waals surface area contributed by atoms with Gasteiger partial charge in [0.25, 0.3) is 0 Å². The quantitative estimate of drug-likeness (QED) is 0.257. The number of nitrogens with zero attached hydrogens (tertiary/aromatic N) is 2. The van der Waals surface area contributed by atoms with Crippen LogP contribution in [0.2, 0.25) is 0 Å². The number of hydrogen-bond donors (Lipinski definition) is 2. The Morgan fingerprint density at radius 1 is 1.28 bits per heavy atom. The molecule has 2 N–H and O–H groups in total. The molecule has 0 saturated heterocycles. The number of rotatable bonds is 9. The average molecular weight is 460 g/mol. The summed E-state index contributed by atoms with van der Waals surface area (Å²) < 4.78 is 5.59. The first-order valence-corrected chi connectivity index (χ1v) is 9.20. The van der Waals surface area contributed by atoms with Crippen LogP contribution in [0.15, 0.2) is 29.4 Å². The number of hydrogen-bond acceptors (Lipinski definition) is 3. The van der Waals surface area contributed by atoms with E-state index in [9.17, 15) is 0 Å². The van der Waals surface area contributed by atoms with Gasteiger partial charge >= 0.3 is 0 Å². The third-order valence-corrected chi connectivity index (χ3v) is 4.90. The number of aliphatic imine (C=N–C) groups is 1. The minimum Gasteiger partial charge on any atom is -0.382 e. The van der Waals surface area contributed by atoms with Crippen LogP contribution < -0.4 is 10.6 Å². The fraction of sp³-hybridized carbons (Fsp3) is 0.684. The Kier molecular flexibility index (Phi) is 11.0. The van der Waals surface area contributed by atoms with Gasteiger partial charge in [-0.3, -0.25) is 9.98 Å². The summed E-state index contributed by atoms with van der Waals surface area (Å²) in [7, 11) is 1.83. The molecule has 1 fully saturated rings. The van der Waals surface area contributed by atoms with Crippen LogP contribution in [0.25, 0.3) is 0 Å². The molecule has 142 valence electrons. The van der Waals surface area contributed by atoms with E-state index in [0.29, 0.717) is 5.41 Å². The number of ether oxygens (including phenoxy) is 1. The Hall–Kier alpha value is -0.890. The van der Waals surface area contributed by atoms with Crippen molar-refractivity contribution >= 4 is 29.9 Å². The smallest absolute Gasteiger partial charge is 0.191 e. The molecule has 2 rings (SSSR count). The molecule has 1 aliphatic rings. The Labute approximate surface area is 169 Å². The van der Waals surface area contributed by atoms with Gasteiger partial charge in [0.05, 0.1) is 0 Å². The van der Waals surface area contributed by atoms with E-state index in [1.54, 1.807) is 0 Å². The van der Waals surface area contributed by atoms with Crippen molar-refractivity contribution in [3.63, 3.8) is 0 Å². The lowest BCUT2D eigenvalue weighted by Crippen LogP contribution is -2.44. The van der Waals surface area contributed by atoms with Gasteiger partial charge in [-0.2, -0.15) is 0 Å². The maximum absolute atomic E-state index is 5.59. The van der Waals surface area contributed by atoms with Gasteiger partial charge in [-0.25, -0.2) is 0 Å². The number of nitrogens with one attached hydrogen (secondary N) is 2. The van der Waals surface area contributed by atoms with Crippen LogP contribution in [0.4, 0.5) is 0 Å². The molecule has 0 unspecified atom stereocenters. The highest BCUT2D eigenvalue weighted by Crippen LogP contribution is 2.40. The first-order valence-electron chi connectivity index (χ1n) is 9.20. The Bertz CT molecular complexity index is 489. The van der Waals surface area contributed by atoms with E-state index in [0.717, 1.165) is 50.8 Å². The summed E-state index contributed by atoms with van der Waals surface area (Å²) in [6.45, 7) is 5.54. The Balaban J connectivity index is 0.00000312. The molecule has 6 heteroatoms. The summed E-state index contributed by atoms with van der Waals surface area (Å²) in [5.74, 6) is 0.883. The van der Waals surface area contributed by atoms with Gasteiger partial charge in [0.2, 0.25) is 0 Å². The van der Waals surface area contributed by atoms with E-state index >= 15 is 0 Å². The van der Waals surface area contributed by atoms with E-state index in [-0.39, 0.29) is 24.0 Å². The summed E-state index contributed by atoms with van der Waals surface area (Å²) in [5.41, 5.74) is 1.47. The number of aromatic nitrogens is 1. The first kappa shape index (κ1) is 22.2. The second kappa shape index (κ2) is 12.5. The Morgan fingerprint density at radius 2 is 2.08 bits per heavy atom. The summed E-state index contributed by atoms with van der Waals surface area (Å²) >= 11 is 0. The predicted octanol–water partition coefficient (Wildman–Crippen LogP) is 3.39. The number of guanidine groups is 1. The standard InChI is InChI=1S/C19H32N4O.HI/c1-3-24-15-12-19(10-5-6-11-19)16-23-18(20-2)22-14-9-17-8-4-7-13-21-17;/h4,7-8,13H,3,5-6,9-12,14-16H2,1-2H3,(H2,20,22,23);1H. The average Bonchev–Trinajstić information content (AvgIpc) is 3.08. The van der Waals surface area contributed by atoms with E-state index < -0.39 is 0 Å². The van der Waals surface area contributed by atoms with Crippen LogP contribution >= 0.6 is 24.0 Å². The zero-order valence-corrected chi connectivity index (χ0v) is 17.9. The highest BCUT2D eigenvalue weighted by molar-refractivity contribution is 14.0. The molecule has 0 spiro atoms.